The minimum absolute atomic E-state index is 0.140. The Morgan fingerprint density at radius 1 is 1.27 bits per heavy atom. The zero-order valence-electron chi connectivity index (χ0n) is 11.9. The van der Waals surface area contributed by atoms with Gasteiger partial charge in [-0.2, -0.15) is 0 Å². The third-order valence-corrected chi connectivity index (χ3v) is 3.88. The van der Waals surface area contributed by atoms with Crippen molar-refractivity contribution in [1.82, 2.24) is 10.3 Å². The second-order valence-corrected chi connectivity index (χ2v) is 5.53. The summed E-state index contributed by atoms with van der Waals surface area (Å²) in [6.45, 7) is 1.99. The van der Waals surface area contributed by atoms with E-state index in [1.165, 1.54) is 6.07 Å². The lowest BCUT2D eigenvalue weighted by molar-refractivity contribution is 0.0946. The maximum Gasteiger partial charge on any atom is 0.268 e. The first kappa shape index (κ1) is 14.6. The third-order valence-electron chi connectivity index (χ3n) is 3.64. The van der Waals surface area contributed by atoms with Crippen molar-refractivity contribution in [2.45, 2.75) is 13.5 Å². The summed E-state index contributed by atoms with van der Waals surface area (Å²) in [5, 5.41) is 4.25. The number of hydrogen-bond donors (Lipinski definition) is 2. The molecular weight excluding hydrogens is 303 g/mol. The van der Waals surface area contributed by atoms with Gasteiger partial charge in [-0.3, -0.25) is 4.79 Å². The number of halogens is 2. The van der Waals surface area contributed by atoms with Crippen LogP contribution in [0.25, 0.3) is 10.9 Å². The summed E-state index contributed by atoms with van der Waals surface area (Å²) < 4.78 is 13.6. The molecule has 0 aliphatic carbocycles. The molecule has 3 rings (SSSR count). The summed E-state index contributed by atoms with van der Waals surface area (Å²) in [6.07, 6.45) is 0. The van der Waals surface area contributed by atoms with E-state index in [0.29, 0.717) is 16.3 Å². The predicted octanol–water partition coefficient (Wildman–Crippen LogP) is 4.20. The Bertz CT molecular complexity index is 857. The van der Waals surface area contributed by atoms with Gasteiger partial charge in [0.15, 0.2) is 0 Å². The van der Waals surface area contributed by atoms with Crippen LogP contribution in [-0.2, 0) is 6.54 Å². The fourth-order valence-corrected chi connectivity index (χ4v) is 2.60. The highest BCUT2D eigenvalue weighted by molar-refractivity contribution is 6.31. The van der Waals surface area contributed by atoms with E-state index in [4.69, 9.17) is 11.6 Å². The van der Waals surface area contributed by atoms with Crippen molar-refractivity contribution in [3.63, 3.8) is 0 Å². The Kier molecular flexibility index (Phi) is 3.86. The van der Waals surface area contributed by atoms with Crippen molar-refractivity contribution in [3.05, 3.63) is 70.1 Å². The number of aryl methyl sites for hydroxylation is 1. The molecule has 0 saturated carbocycles. The first-order valence-electron chi connectivity index (χ1n) is 6.85. The van der Waals surface area contributed by atoms with Crippen LogP contribution in [0.4, 0.5) is 4.39 Å². The highest BCUT2D eigenvalue weighted by atomic mass is 35.5. The molecule has 1 heterocycles. The quantitative estimate of drug-likeness (QED) is 0.747. The molecule has 2 N–H and O–H groups in total. The fraction of sp³-hybridized carbons (Fsp3) is 0.118. The maximum absolute atomic E-state index is 13.6. The van der Waals surface area contributed by atoms with Gasteiger partial charge < -0.3 is 10.3 Å². The molecular formula is C17H14ClFN2O. The van der Waals surface area contributed by atoms with Crippen molar-refractivity contribution >= 4 is 28.4 Å². The molecule has 2 aromatic carbocycles. The average molecular weight is 317 g/mol. The molecule has 0 unspecified atom stereocenters. The number of nitrogens with one attached hydrogen (secondary N) is 2. The molecule has 1 aromatic heterocycles. The molecule has 0 radical (unpaired) electrons. The smallest absolute Gasteiger partial charge is 0.268 e. The molecule has 3 aromatic rings. The summed E-state index contributed by atoms with van der Waals surface area (Å²) in [5.41, 5.74) is 2.59. The lowest BCUT2D eigenvalue weighted by atomic mass is 10.1. The van der Waals surface area contributed by atoms with Crippen LogP contribution in [0.2, 0.25) is 5.02 Å². The van der Waals surface area contributed by atoms with Crippen LogP contribution in [0.15, 0.2) is 42.5 Å². The van der Waals surface area contributed by atoms with Crippen molar-refractivity contribution < 1.29 is 9.18 Å². The van der Waals surface area contributed by atoms with Gasteiger partial charge in [0.25, 0.3) is 5.91 Å². The van der Waals surface area contributed by atoms with Crippen LogP contribution in [0, 0.1) is 12.7 Å². The number of amides is 1. The number of aromatic nitrogens is 1. The number of fused-ring (bicyclic) bond motifs is 1. The van der Waals surface area contributed by atoms with Gasteiger partial charge in [-0.05, 0) is 36.8 Å². The van der Waals surface area contributed by atoms with Gasteiger partial charge in [-0.1, -0.05) is 29.8 Å². The summed E-state index contributed by atoms with van der Waals surface area (Å²) in [7, 11) is 0. The van der Waals surface area contributed by atoms with Crippen molar-refractivity contribution in [3.8, 4) is 0 Å². The number of hydrogen-bond acceptors (Lipinski definition) is 1. The van der Waals surface area contributed by atoms with Crippen LogP contribution in [-0.4, -0.2) is 10.9 Å². The number of aromatic amines is 1. The van der Waals surface area contributed by atoms with Crippen molar-refractivity contribution in [2.75, 3.05) is 0 Å². The van der Waals surface area contributed by atoms with E-state index >= 15 is 0 Å². The SMILES string of the molecule is Cc1c(C(=O)NCc2ccccc2F)[nH]c2ccc(Cl)cc12. The van der Waals surface area contributed by atoms with E-state index < -0.39 is 0 Å². The Morgan fingerprint density at radius 2 is 2.05 bits per heavy atom. The Morgan fingerprint density at radius 3 is 2.82 bits per heavy atom. The summed E-state index contributed by atoms with van der Waals surface area (Å²) in [4.78, 5) is 15.4. The summed E-state index contributed by atoms with van der Waals surface area (Å²) in [5.74, 6) is -0.601. The molecule has 0 saturated heterocycles. The first-order valence-corrected chi connectivity index (χ1v) is 7.23. The fourth-order valence-electron chi connectivity index (χ4n) is 2.43. The Balaban J connectivity index is 1.83. The molecule has 5 heteroatoms. The monoisotopic (exact) mass is 316 g/mol. The largest absolute Gasteiger partial charge is 0.350 e. The second-order valence-electron chi connectivity index (χ2n) is 5.09. The van der Waals surface area contributed by atoms with E-state index in [1.807, 2.05) is 19.1 Å². The minimum Gasteiger partial charge on any atom is -0.350 e. The highest BCUT2D eigenvalue weighted by Crippen LogP contribution is 2.25. The standard InChI is InChI=1S/C17H14ClFN2O/c1-10-13-8-12(18)6-7-15(13)21-16(10)17(22)20-9-11-4-2-3-5-14(11)19/h2-8,21H,9H2,1H3,(H,20,22). The lowest BCUT2D eigenvalue weighted by Gasteiger charge is -2.06. The third kappa shape index (κ3) is 2.70. The van der Waals surface area contributed by atoms with E-state index in [9.17, 15) is 9.18 Å². The number of carbonyl (C=O) groups is 1. The van der Waals surface area contributed by atoms with Gasteiger partial charge in [0.1, 0.15) is 11.5 Å². The number of benzene rings is 2. The molecule has 0 spiro atoms. The highest BCUT2D eigenvalue weighted by Gasteiger charge is 2.15. The van der Waals surface area contributed by atoms with E-state index in [-0.39, 0.29) is 18.3 Å². The van der Waals surface area contributed by atoms with Crippen molar-refractivity contribution in [2.24, 2.45) is 0 Å². The topological polar surface area (TPSA) is 44.9 Å². The van der Waals surface area contributed by atoms with Gasteiger partial charge in [0.2, 0.25) is 0 Å². The van der Waals surface area contributed by atoms with E-state index in [2.05, 4.69) is 10.3 Å². The molecule has 0 aliphatic heterocycles. The van der Waals surface area contributed by atoms with Crippen LogP contribution in [0.1, 0.15) is 21.6 Å². The lowest BCUT2D eigenvalue weighted by Crippen LogP contribution is -2.24. The summed E-state index contributed by atoms with van der Waals surface area (Å²) in [6, 6.07) is 11.8. The van der Waals surface area contributed by atoms with Gasteiger partial charge in [-0.25, -0.2) is 4.39 Å². The van der Waals surface area contributed by atoms with Crippen LogP contribution in [0.3, 0.4) is 0 Å². The maximum atomic E-state index is 13.6. The molecule has 1 amide bonds. The van der Waals surface area contributed by atoms with Crippen molar-refractivity contribution in [1.29, 1.82) is 0 Å². The number of carbonyl (C=O) groups excluding carboxylic acids is 1. The molecule has 112 valence electrons. The zero-order chi connectivity index (χ0) is 15.7. The van der Waals surface area contributed by atoms with E-state index in [1.54, 1.807) is 24.3 Å². The average Bonchev–Trinajstić information content (AvgIpc) is 2.83. The normalized spacial score (nSPS) is 10.9. The number of rotatable bonds is 3. The first-order chi connectivity index (χ1) is 10.6. The minimum atomic E-state index is -0.331. The molecule has 3 nitrogen and oxygen atoms in total. The zero-order valence-corrected chi connectivity index (χ0v) is 12.7. The molecule has 0 bridgehead atoms. The van der Waals surface area contributed by atoms with Gasteiger partial charge in [0.05, 0.1) is 0 Å². The molecule has 22 heavy (non-hydrogen) atoms. The van der Waals surface area contributed by atoms with Crippen LogP contribution >= 0.6 is 11.6 Å². The molecule has 0 atom stereocenters. The van der Waals surface area contributed by atoms with Gasteiger partial charge >= 0.3 is 0 Å². The second kappa shape index (κ2) is 5.81. The predicted molar refractivity (Wildman–Crippen MR) is 85.6 cm³/mol. The number of H-pyrrole nitrogens is 1. The molecule has 0 aliphatic rings. The van der Waals surface area contributed by atoms with Gasteiger partial charge in [0, 0.05) is 28.0 Å². The molecule has 0 fully saturated rings. The van der Waals surface area contributed by atoms with Gasteiger partial charge in [-0.15, -0.1) is 0 Å². The Labute approximate surface area is 132 Å². The van der Waals surface area contributed by atoms with E-state index in [0.717, 1.165) is 16.5 Å². The summed E-state index contributed by atoms with van der Waals surface area (Å²) >= 11 is 5.98. The van der Waals surface area contributed by atoms with Crippen LogP contribution < -0.4 is 5.32 Å². The van der Waals surface area contributed by atoms with Crippen LogP contribution in [0.5, 0.6) is 0 Å². The Hall–Kier alpha value is -2.33.